The molecule has 0 saturated heterocycles. The van der Waals surface area contributed by atoms with Crippen molar-refractivity contribution in [2.24, 2.45) is 0 Å². The minimum Gasteiger partial charge on any atom is -0.362 e. The number of aromatic amines is 1. The summed E-state index contributed by atoms with van der Waals surface area (Å²) in [7, 11) is 0. The Morgan fingerprint density at radius 2 is 2.23 bits per heavy atom. The van der Waals surface area contributed by atoms with Crippen molar-refractivity contribution in [3.63, 3.8) is 0 Å². The molecule has 0 aliphatic carbocycles. The lowest BCUT2D eigenvalue weighted by Gasteiger charge is -1.99. The average molecular weight is 180 g/mol. The van der Waals surface area contributed by atoms with E-state index in [0.717, 1.165) is 23.5 Å². The zero-order valence-corrected chi connectivity index (χ0v) is 8.40. The zero-order chi connectivity index (χ0) is 9.84. The normalized spacial score (nSPS) is 10.4. The van der Waals surface area contributed by atoms with Gasteiger partial charge in [0.15, 0.2) is 5.78 Å². The van der Waals surface area contributed by atoms with Crippen LogP contribution in [0.15, 0.2) is 6.07 Å². The summed E-state index contributed by atoms with van der Waals surface area (Å²) in [6.07, 6.45) is 0. The van der Waals surface area contributed by atoms with Crippen molar-refractivity contribution in [3.8, 4) is 0 Å². The molecule has 1 aromatic heterocycles. The first kappa shape index (κ1) is 9.99. The number of nitrogens with one attached hydrogen (secondary N) is 2. The van der Waals surface area contributed by atoms with E-state index in [4.69, 9.17) is 0 Å². The van der Waals surface area contributed by atoms with E-state index >= 15 is 0 Å². The number of Topliss-reactive ketones (excluding diaryl/α,β-unsaturated/α-hetero) is 1. The molecule has 0 unspecified atom stereocenters. The third kappa shape index (κ3) is 2.42. The number of hydrogen-bond donors (Lipinski definition) is 2. The van der Waals surface area contributed by atoms with E-state index < -0.39 is 0 Å². The Labute approximate surface area is 78.5 Å². The van der Waals surface area contributed by atoms with Gasteiger partial charge < -0.3 is 10.3 Å². The van der Waals surface area contributed by atoms with E-state index in [-0.39, 0.29) is 5.78 Å². The third-order valence-electron chi connectivity index (χ3n) is 1.99. The Bertz CT molecular complexity index is 302. The Balaban J connectivity index is 2.70. The van der Waals surface area contributed by atoms with E-state index in [1.54, 1.807) is 0 Å². The van der Waals surface area contributed by atoms with Crippen LogP contribution in [0.3, 0.4) is 0 Å². The van der Waals surface area contributed by atoms with Crippen LogP contribution < -0.4 is 5.32 Å². The molecule has 13 heavy (non-hydrogen) atoms. The van der Waals surface area contributed by atoms with E-state index in [2.05, 4.69) is 10.3 Å². The van der Waals surface area contributed by atoms with Crippen LogP contribution >= 0.6 is 0 Å². The Morgan fingerprint density at radius 1 is 1.54 bits per heavy atom. The largest absolute Gasteiger partial charge is 0.362 e. The van der Waals surface area contributed by atoms with Gasteiger partial charge in [-0.25, -0.2) is 0 Å². The monoisotopic (exact) mass is 180 g/mol. The number of carbonyl (C=O) groups excluding carboxylic acids is 1. The van der Waals surface area contributed by atoms with E-state index in [1.807, 2.05) is 26.8 Å². The number of H-pyrrole nitrogens is 1. The number of aromatic nitrogens is 1. The predicted octanol–water partition coefficient (Wildman–Crippen LogP) is 1.42. The summed E-state index contributed by atoms with van der Waals surface area (Å²) < 4.78 is 0. The Kier molecular flexibility index (Phi) is 3.25. The topological polar surface area (TPSA) is 44.9 Å². The van der Waals surface area contributed by atoms with Crippen LogP contribution in [0.25, 0.3) is 0 Å². The molecule has 0 radical (unpaired) electrons. The maximum atomic E-state index is 11.6. The lowest BCUT2D eigenvalue weighted by Crippen LogP contribution is -2.22. The van der Waals surface area contributed by atoms with Crippen molar-refractivity contribution < 1.29 is 4.79 Å². The summed E-state index contributed by atoms with van der Waals surface area (Å²) in [5, 5.41) is 3.02. The van der Waals surface area contributed by atoms with Gasteiger partial charge in [0.1, 0.15) is 0 Å². The molecule has 1 rings (SSSR count). The summed E-state index contributed by atoms with van der Waals surface area (Å²) >= 11 is 0. The third-order valence-corrected chi connectivity index (χ3v) is 1.99. The Hall–Kier alpha value is -1.09. The maximum absolute atomic E-state index is 11.6. The molecule has 3 heteroatoms. The van der Waals surface area contributed by atoms with Crippen LogP contribution in [-0.4, -0.2) is 23.9 Å². The van der Waals surface area contributed by atoms with Crippen LogP contribution in [0.5, 0.6) is 0 Å². The van der Waals surface area contributed by atoms with Crippen molar-refractivity contribution in [2.45, 2.75) is 20.8 Å². The highest BCUT2D eigenvalue weighted by Gasteiger charge is 2.09. The second kappa shape index (κ2) is 4.23. The molecule has 1 aromatic rings. The molecule has 0 saturated carbocycles. The molecule has 0 aromatic carbocycles. The smallest absolute Gasteiger partial charge is 0.178 e. The summed E-state index contributed by atoms with van der Waals surface area (Å²) in [5.41, 5.74) is 2.80. The van der Waals surface area contributed by atoms with Gasteiger partial charge in [-0.1, -0.05) is 6.92 Å². The van der Waals surface area contributed by atoms with Crippen LogP contribution in [0.2, 0.25) is 0 Å². The van der Waals surface area contributed by atoms with Crippen LogP contribution in [0.1, 0.15) is 28.7 Å². The molecule has 2 N–H and O–H groups in total. The predicted molar refractivity (Wildman–Crippen MR) is 53.1 cm³/mol. The first-order valence-corrected chi connectivity index (χ1v) is 4.55. The minimum atomic E-state index is 0.156. The number of likely N-dealkylation sites (N-methyl/N-ethyl adjacent to an activating group) is 1. The van der Waals surface area contributed by atoms with Gasteiger partial charge in [0.2, 0.25) is 0 Å². The lowest BCUT2D eigenvalue weighted by atomic mass is 10.1. The van der Waals surface area contributed by atoms with Crippen molar-refractivity contribution in [2.75, 3.05) is 13.1 Å². The zero-order valence-electron chi connectivity index (χ0n) is 8.40. The number of carbonyl (C=O) groups is 1. The van der Waals surface area contributed by atoms with Gasteiger partial charge in [-0.15, -0.1) is 0 Å². The molecule has 0 aliphatic rings. The van der Waals surface area contributed by atoms with Gasteiger partial charge >= 0.3 is 0 Å². The van der Waals surface area contributed by atoms with Crippen LogP contribution in [0, 0.1) is 13.8 Å². The van der Waals surface area contributed by atoms with Crippen molar-refractivity contribution >= 4 is 5.78 Å². The number of ketones is 1. The van der Waals surface area contributed by atoms with E-state index in [9.17, 15) is 4.79 Å². The molecule has 72 valence electrons. The summed E-state index contributed by atoms with van der Waals surface area (Å²) in [6, 6.07) is 1.90. The second-order valence-corrected chi connectivity index (χ2v) is 3.19. The fraction of sp³-hybridized carbons (Fsp3) is 0.500. The van der Waals surface area contributed by atoms with Gasteiger partial charge in [0, 0.05) is 17.0 Å². The van der Waals surface area contributed by atoms with Crippen LogP contribution in [0.4, 0.5) is 0 Å². The SMILES string of the molecule is CCNCC(=O)c1cc(C)[nH]c1C. The number of hydrogen-bond acceptors (Lipinski definition) is 2. The van der Waals surface area contributed by atoms with Gasteiger partial charge in [0.25, 0.3) is 0 Å². The van der Waals surface area contributed by atoms with Gasteiger partial charge in [-0.2, -0.15) is 0 Å². The quantitative estimate of drug-likeness (QED) is 0.688. The number of rotatable bonds is 4. The molecule has 0 aliphatic heterocycles. The number of aryl methyl sites for hydroxylation is 2. The molecule has 3 nitrogen and oxygen atoms in total. The van der Waals surface area contributed by atoms with Crippen molar-refractivity contribution in [1.82, 2.24) is 10.3 Å². The summed E-state index contributed by atoms with van der Waals surface area (Å²) in [5.74, 6) is 0.156. The highest BCUT2D eigenvalue weighted by Crippen LogP contribution is 2.09. The average Bonchev–Trinajstić information content (AvgIpc) is 2.41. The summed E-state index contributed by atoms with van der Waals surface area (Å²) in [4.78, 5) is 14.7. The molecule has 0 bridgehead atoms. The molecular formula is C10H16N2O. The maximum Gasteiger partial charge on any atom is 0.178 e. The highest BCUT2D eigenvalue weighted by molar-refractivity contribution is 5.98. The lowest BCUT2D eigenvalue weighted by molar-refractivity contribution is 0.0991. The fourth-order valence-electron chi connectivity index (χ4n) is 1.35. The fourth-order valence-corrected chi connectivity index (χ4v) is 1.35. The second-order valence-electron chi connectivity index (χ2n) is 3.19. The van der Waals surface area contributed by atoms with Crippen molar-refractivity contribution in [3.05, 3.63) is 23.0 Å². The van der Waals surface area contributed by atoms with Crippen LogP contribution in [-0.2, 0) is 0 Å². The Morgan fingerprint density at radius 3 is 2.69 bits per heavy atom. The molecule has 0 amide bonds. The van der Waals surface area contributed by atoms with E-state index in [0.29, 0.717) is 6.54 Å². The van der Waals surface area contributed by atoms with Gasteiger partial charge in [-0.05, 0) is 26.5 Å². The first-order valence-electron chi connectivity index (χ1n) is 4.55. The molecule has 0 atom stereocenters. The van der Waals surface area contributed by atoms with Crippen molar-refractivity contribution in [1.29, 1.82) is 0 Å². The molecule has 1 heterocycles. The molecular weight excluding hydrogens is 164 g/mol. The highest BCUT2D eigenvalue weighted by atomic mass is 16.1. The van der Waals surface area contributed by atoms with Gasteiger partial charge in [-0.3, -0.25) is 4.79 Å². The standard InChI is InChI=1S/C10H16N2O/c1-4-11-6-10(13)9-5-7(2)12-8(9)3/h5,11-12H,4,6H2,1-3H3. The minimum absolute atomic E-state index is 0.156. The first-order chi connectivity index (χ1) is 6.15. The summed E-state index contributed by atoms with van der Waals surface area (Å²) in [6.45, 7) is 7.12. The van der Waals surface area contributed by atoms with E-state index in [1.165, 1.54) is 0 Å². The molecule has 0 fully saturated rings. The van der Waals surface area contributed by atoms with Gasteiger partial charge in [0.05, 0.1) is 6.54 Å². The molecule has 0 spiro atoms.